The van der Waals surface area contributed by atoms with Gasteiger partial charge >= 0.3 is 6.09 Å². The molecule has 7 heteroatoms. The number of nitrogens with zero attached hydrogens (tertiary/aromatic N) is 1. The van der Waals surface area contributed by atoms with Crippen LogP contribution in [0, 0.1) is 26.7 Å². The van der Waals surface area contributed by atoms with Crippen LogP contribution in [0.2, 0.25) is 0 Å². The van der Waals surface area contributed by atoms with Gasteiger partial charge in [0, 0.05) is 11.7 Å². The summed E-state index contributed by atoms with van der Waals surface area (Å²) in [5.41, 5.74) is 3.67. The molecule has 3 amide bonds. The Kier molecular flexibility index (Phi) is 9.23. The Bertz CT molecular complexity index is 1140. The summed E-state index contributed by atoms with van der Waals surface area (Å²) in [5, 5.41) is 5.94. The summed E-state index contributed by atoms with van der Waals surface area (Å²) in [7, 11) is 0. The Morgan fingerprint density at radius 2 is 1.53 bits per heavy atom. The number of alkyl carbamates (subject to hydrolysis) is 1. The third-order valence-corrected chi connectivity index (χ3v) is 6.63. The first-order valence-corrected chi connectivity index (χ1v) is 13.5. The Morgan fingerprint density at radius 3 is 2.05 bits per heavy atom. The number of hydrogen-bond acceptors (Lipinski definition) is 4. The molecule has 1 aliphatic carbocycles. The van der Waals surface area contributed by atoms with Crippen molar-refractivity contribution < 1.29 is 19.1 Å². The number of rotatable bonds is 9. The molecule has 7 nitrogen and oxygen atoms in total. The van der Waals surface area contributed by atoms with Crippen molar-refractivity contribution in [3.63, 3.8) is 0 Å². The zero-order chi connectivity index (χ0) is 28.2. The maximum atomic E-state index is 14.3. The molecule has 0 aliphatic heterocycles. The summed E-state index contributed by atoms with van der Waals surface area (Å²) >= 11 is 0. The lowest BCUT2D eigenvalue weighted by molar-refractivity contribution is -0.141. The molecular weight excluding hydrogens is 478 g/mol. The van der Waals surface area contributed by atoms with Crippen LogP contribution in [0.4, 0.5) is 10.5 Å². The summed E-state index contributed by atoms with van der Waals surface area (Å²) in [6, 6.07) is 11.8. The molecule has 0 spiro atoms. The molecule has 0 saturated heterocycles. The summed E-state index contributed by atoms with van der Waals surface area (Å²) in [6.45, 7) is 15.2. The van der Waals surface area contributed by atoms with E-state index in [0.717, 1.165) is 40.8 Å². The molecule has 0 heterocycles. The average molecular weight is 522 g/mol. The summed E-state index contributed by atoms with van der Waals surface area (Å²) in [6.07, 6.45) is 1.41. The highest BCUT2D eigenvalue weighted by atomic mass is 16.6. The van der Waals surface area contributed by atoms with Gasteiger partial charge in [-0.25, -0.2) is 4.79 Å². The van der Waals surface area contributed by atoms with E-state index >= 15 is 0 Å². The largest absolute Gasteiger partial charge is 0.444 e. The lowest BCUT2D eigenvalue weighted by Gasteiger charge is -2.36. The number of carbonyl (C=O) groups excluding carboxylic acids is 3. The highest BCUT2D eigenvalue weighted by Crippen LogP contribution is 2.38. The Hall–Kier alpha value is -3.35. The van der Waals surface area contributed by atoms with E-state index in [1.54, 1.807) is 25.7 Å². The predicted octanol–water partition coefficient (Wildman–Crippen LogP) is 6.22. The first-order valence-electron chi connectivity index (χ1n) is 13.5. The lowest BCUT2D eigenvalue weighted by atomic mass is 9.96. The smallest absolute Gasteiger partial charge is 0.408 e. The van der Waals surface area contributed by atoms with Crippen molar-refractivity contribution in [1.82, 2.24) is 10.2 Å². The standard InChI is InChI=1S/C31H43N3O4/c1-19(2)18-25(32-30(37)38-31(6,7)8)29(36)34(23-16-17-23)27(24-15-10-9-12-20(24)3)28(35)33-26-21(4)13-11-14-22(26)5/h9-15,19,23,25,27H,16-18H2,1-8H3,(H,32,37)(H,33,35). The van der Waals surface area contributed by atoms with Gasteiger partial charge in [0.15, 0.2) is 0 Å². The van der Waals surface area contributed by atoms with E-state index in [0.29, 0.717) is 6.42 Å². The molecule has 1 aliphatic rings. The van der Waals surface area contributed by atoms with Crippen molar-refractivity contribution in [2.45, 2.75) is 98.4 Å². The molecule has 2 aromatic rings. The van der Waals surface area contributed by atoms with E-state index in [2.05, 4.69) is 10.6 Å². The molecule has 2 unspecified atom stereocenters. The quantitative estimate of drug-likeness (QED) is 0.410. The van der Waals surface area contributed by atoms with Crippen molar-refractivity contribution in [3.05, 3.63) is 64.7 Å². The van der Waals surface area contributed by atoms with Crippen molar-refractivity contribution in [2.24, 2.45) is 5.92 Å². The fourth-order valence-corrected chi connectivity index (χ4v) is 4.71. The van der Waals surface area contributed by atoms with Gasteiger partial charge in [-0.2, -0.15) is 0 Å². The molecule has 1 saturated carbocycles. The maximum absolute atomic E-state index is 14.3. The minimum atomic E-state index is -0.842. The SMILES string of the molecule is Cc1ccccc1C(C(=O)Nc1c(C)cccc1C)N(C(=O)C(CC(C)C)NC(=O)OC(C)(C)C)C1CC1. The van der Waals surface area contributed by atoms with Crippen LogP contribution in [0.5, 0.6) is 0 Å². The van der Waals surface area contributed by atoms with Crippen molar-refractivity contribution in [3.8, 4) is 0 Å². The fraction of sp³-hybridized carbons (Fsp3) is 0.516. The molecule has 2 aromatic carbocycles. The summed E-state index contributed by atoms with van der Waals surface area (Å²) < 4.78 is 5.47. The average Bonchev–Trinajstić information content (AvgIpc) is 3.63. The number of para-hydroxylation sites is 1. The van der Waals surface area contributed by atoms with E-state index in [-0.39, 0.29) is 23.8 Å². The van der Waals surface area contributed by atoms with Crippen LogP contribution in [0.25, 0.3) is 0 Å². The second-order valence-corrected chi connectivity index (χ2v) is 11.8. The molecular formula is C31H43N3O4. The Balaban J connectivity index is 2.03. The van der Waals surface area contributed by atoms with Gasteiger partial charge in [0.2, 0.25) is 5.91 Å². The monoisotopic (exact) mass is 521 g/mol. The van der Waals surface area contributed by atoms with E-state index in [1.165, 1.54) is 0 Å². The lowest BCUT2D eigenvalue weighted by Crippen LogP contribution is -2.53. The molecule has 38 heavy (non-hydrogen) atoms. The predicted molar refractivity (Wildman–Crippen MR) is 151 cm³/mol. The van der Waals surface area contributed by atoms with Crippen molar-refractivity contribution >= 4 is 23.6 Å². The molecule has 1 fully saturated rings. The topological polar surface area (TPSA) is 87.7 Å². The second-order valence-electron chi connectivity index (χ2n) is 11.8. The molecule has 2 atom stereocenters. The van der Waals surface area contributed by atoms with Crippen LogP contribution >= 0.6 is 0 Å². The van der Waals surface area contributed by atoms with Gasteiger partial charge in [0.05, 0.1) is 0 Å². The van der Waals surface area contributed by atoms with E-state index < -0.39 is 23.8 Å². The van der Waals surface area contributed by atoms with Gasteiger partial charge in [-0.1, -0.05) is 56.3 Å². The first kappa shape index (κ1) is 29.2. The van der Waals surface area contributed by atoms with Gasteiger partial charge in [-0.05, 0) is 89.0 Å². The molecule has 3 rings (SSSR count). The fourth-order valence-electron chi connectivity index (χ4n) is 4.71. The van der Waals surface area contributed by atoms with Gasteiger partial charge < -0.3 is 20.3 Å². The first-order chi connectivity index (χ1) is 17.8. The van der Waals surface area contributed by atoms with Gasteiger partial charge in [0.1, 0.15) is 17.7 Å². The third-order valence-electron chi connectivity index (χ3n) is 6.63. The summed E-state index contributed by atoms with van der Waals surface area (Å²) in [4.78, 5) is 42.8. The number of hydrogen-bond donors (Lipinski definition) is 2. The molecule has 206 valence electrons. The van der Waals surface area contributed by atoms with Gasteiger partial charge in [-0.15, -0.1) is 0 Å². The van der Waals surface area contributed by atoms with Crippen molar-refractivity contribution in [1.29, 1.82) is 0 Å². The van der Waals surface area contributed by atoms with Crippen LogP contribution < -0.4 is 10.6 Å². The van der Waals surface area contributed by atoms with E-state index in [1.807, 2.05) is 77.1 Å². The number of amides is 3. The van der Waals surface area contributed by atoms with Crippen LogP contribution in [0.1, 0.15) is 82.2 Å². The van der Waals surface area contributed by atoms with E-state index in [9.17, 15) is 14.4 Å². The van der Waals surface area contributed by atoms with Crippen molar-refractivity contribution in [2.75, 3.05) is 5.32 Å². The number of carbonyl (C=O) groups is 3. The zero-order valence-corrected chi connectivity index (χ0v) is 24.1. The van der Waals surface area contributed by atoms with Gasteiger partial charge in [-0.3, -0.25) is 9.59 Å². The molecule has 2 N–H and O–H groups in total. The number of benzene rings is 2. The van der Waals surface area contributed by atoms with Crippen LogP contribution in [0.15, 0.2) is 42.5 Å². The Morgan fingerprint density at radius 1 is 0.947 bits per heavy atom. The number of aryl methyl sites for hydroxylation is 3. The number of anilines is 1. The highest BCUT2D eigenvalue weighted by molar-refractivity contribution is 6.00. The van der Waals surface area contributed by atoms with Crippen LogP contribution in [-0.2, 0) is 14.3 Å². The zero-order valence-electron chi connectivity index (χ0n) is 24.1. The maximum Gasteiger partial charge on any atom is 0.408 e. The minimum Gasteiger partial charge on any atom is -0.444 e. The number of nitrogens with one attached hydrogen (secondary N) is 2. The number of ether oxygens (including phenoxy) is 1. The third kappa shape index (κ3) is 7.59. The molecule has 0 radical (unpaired) electrons. The normalized spacial score (nSPS) is 15.0. The van der Waals surface area contributed by atoms with Crippen LogP contribution in [0.3, 0.4) is 0 Å². The Labute approximate surface area is 227 Å². The van der Waals surface area contributed by atoms with Gasteiger partial charge in [0.25, 0.3) is 5.91 Å². The summed E-state index contributed by atoms with van der Waals surface area (Å²) in [5.74, 6) is -0.394. The van der Waals surface area contributed by atoms with E-state index in [4.69, 9.17) is 4.74 Å². The minimum absolute atomic E-state index is 0.0778. The van der Waals surface area contributed by atoms with Crippen LogP contribution in [-0.4, -0.2) is 40.5 Å². The second kappa shape index (κ2) is 12.0. The molecule has 0 aromatic heterocycles. The molecule has 0 bridgehead atoms. The highest BCUT2D eigenvalue weighted by Gasteiger charge is 2.44.